The summed E-state index contributed by atoms with van der Waals surface area (Å²) in [6, 6.07) is 6.12. The monoisotopic (exact) mass is 203 g/mol. The molecule has 1 aromatic heterocycles. The topological polar surface area (TPSA) is 25.4 Å². The van der Waals surface area contributed by atoms with Gasteiger partial charge in [-0.15, -0.1) is 0 Å². The van der Waals surface area contributed by atoms with Gasteiger partial charge >= 0.3 is 0 Å². The number of epoxide rings is 1. The maximum Gasteiger partial charge on any atom is 0.137 e. The molecule has 2 nitrogen and oxygen atoms in total. The summed E-state index contributed by atoms with van der Waals surface area (Å²) in [7, 11) is 0. The fraction of sp³-hybridized carbons (Fsp3) is 0.615. The van der Waals surface area contributed by atoms with Crippen LogP contribution in [0.1, 0.15) is 32.4 Å². The normalized spacial score (nSPS) is 43.5. The molecular formula is C13H17NO. The van der Waals surface area contributed by atoms with E-state index in [-0.39, 0.29) is 5.60 Å². The molecule has 15 heavy (non-hydrogen) atoms. The van der Waals surface area contributed by atoms with Gasteiger partial charge in [-0.25, -0.2) is 0 Å². The molecule has 1 aromatic rings. The van der Waals surface area contributed by atoms with Crippen molar-refractivity contribution in [2.75, 3.05) is 0 Å². The second-order valence-electron chi connectivity index (χ2n) is 5.17. The van der Waals surface area contributed by atoms with E-state index in [0.29, 0.717) is 12.0 Å². The van der Waals surface area contributed by atoms with Crippen molar-refractivity contribution in [3.05, 3.63) is 30.1 Å². The van der Waals surface area contributed by atoms with Crippen LogP contribution < -0.4 is 0 Å². The van der Waals surface area contributed by atoms with Crippen LogP contribution in [-0.2, 0) is 10.3 Å². The van der Waals surface area contributed by atoms with Crippen molar-refractivity contribution in [2.24, 2.45) is 11.8 Å². The Bertz CT molecular complexity index is 364. The van der Waals surface area contributed by atoms with E-state index in [1.165, 1.54) is 6.42 Å². The van der Waals surface area contributed by atoms with Gasteiger partial charge in [0.1, 0.15) is 5.60 Å². The summed E-state index contributed by atoms with van der Waals surface area (Å²) in [4.78, 5) is 4.46. The molecular weight excluding hydrogens is 186 g/mol. The van der Waals surface area contributed by atoms with Gasteiger partial charge in [0, 0.05) is 6.20 Å². The third kappa shape index (κ3) is 1.31. The summed E-state index contributed by atoms with van der Waals surface area (Å²) >= 11 is 0. The van der Waals surface area contributed by atoms with Gasteiger partial charge in [-0.3, -0.25) is 4.98 Å². The number of hydrogen-bond acceptors (Lipinski definition) is 2. The zero-order valence-electron chi connectivity index (χ0n) is 9.31. The van der Waals surface area contributed by atoms with Gasteiger partial charge in [-0.1, -0.05) is 19.9 Å². The summed E-state index contributed by atoms with van der Waals surface area (Å²) in [6.07, 6.45) is 4.72. The molecule has 2 aliphatic rings. The minimum Gasteiger partial charge on any atom is -0.359 e. The SMILES string of the molecule is C[C@@H]1C[C@H](C)[C@@H]2O[C@@]2(c2ccccn2)C1. The Morgan fingerprint density at radius 3 is 3.00 bits per heavy atom. The van der Waals surface area contributed by atoms with E-state index in [9.17, 15) is 0 Å². The first-order chi connectivity index (χ1) is 7.22. The Kier molecular flexibility index (Phi) is 1.90. The summed E-state index contributed by atoms with van der Waals surface area (Å²) in [6.45, 7) is 4.62. The van der Waals surface area contributed by atoms with Crippen molar-refractivity contribution in [1.29, 1.82) is 0 Å². The maximum absolute atomic E-state index is 5.97. The van der Waals surface area contributed by atoms with Crippen LogP contribution >= 0.6 is 0 Å². The Labute approximate surface area is 90.7 Å². The van der Waals surface area contributed by atoms with Crippen molar-refractivity contribution in [1.82, 2.24) is 4.98 Å². The molecule has 0 aromatic carbocycles. The Morgan fingerprint density at radius 1 is 1.40 bits per heavy atom. The Balaban J connectivity index is 1.94. The molecule has 80 valence electrons. The largest absolute Gasteiger partial charge is 0.359 e. The molecule has 2 fully saturated rings. The average Bonchev–Trinajstić information content (AvgIpc) is 2.95. The van der Waals surface area contributed by atoms with Gasteiger partial charge in [0.05, 0.1) is 11.8 Å². The molecule has 0 amide bonds. The molecule has 2 heteroatoms. The predicted molar refractivity (Wildman–Crippen MR) is 58.4 cm³/mol. The van der Waals surface area contributed by atoms with Crippen molar-refractivity contribution < 1.29 is 4.74 Å². The molecule has 1 saturated carbocycles. The fourth-order valence-electron chi connectivity index (χ4n) is 3.22. The Hall–Kier alpha value is -0.890. The smallest absolute Gasteiger partial charge is 0.137 e. The Morgan fingerprint density at radius 2 is 2.27 bits per heavy atom. The molecule has 1 aliphatic heterocycles. The van der Waals surface area contributed by atoms with Crippen LogP contribution in [0, 0.1) is 11.8 Å². The van der Waals surface area contributed by atoms with Gasteiger partial charge in [-0.2, -0.15) is 0 Å². The summed E-state index contributed by atoms with van der Waals surface area (Å²) < 4.78 is 5.97. The second kappa shape index (κ2) is 3.05. The second-order valence-corrected chi connectivity index (χ2v) is 5.17. The van der Waals surface area contributed by atoms with E-state index in [2.05, 4.69) is 31.0 Å². The number of aromatic nitrogens is 1. The summed E-state index contributed by atoms with van der Waals surface area (Å²) in [5.74, 6) is 1.43. The number of fused-ring (bicyclic) bond motifs is 1. The van der Waals surface area contributed by atoms with Crippen LogP contribution in [-0.4, -0.2) is 11.1 Å². The number of ether oxygens (including phenoxy) is 1. The molecule has 2 heterocycles. The molecule has 1 aliphatic carbocycles. The first kappa shape index (κ1) is 9.34. The van der Waals surface area contributed by atoms with E-state index in [4.69, 9.17) is 4.74 Å². The number of hydrogen-bond donors (Lipinski definition) is 0. The zero-order valence-corrected chi connectivity index (χ0v) is 9.31. The van der Waals surface area contributed by atoms with E-state index >= 15 is 0 Å². The minimum absolute atomic E-state index is 0.0294. The molecule has 0 unspecified atom stereocenters. The van der Waals surface area contributed by atoms with E-state index < -0.39 is 0 Å². The van der Waals surface area contributed by atoms with Crippen molar-refractivity contribution in [2.45, 2.75) is 38.4 Å². The van der Waals surface area contributed by atoms with Crippen LogP contribution in [0.5, 0.6) is 0 Å². The molecule has 3 rings (SSSR count). The third-order valence-corrected chi connectivity index (χ3v) is 3.78. The lowest BCUT2D eigenvalue weighted by atomic mass is 9.75. The van der Waals surface area contributed by atoms with Gasteiger partial charge in [0.25, 0.3) is 0 Å². The van der Waals surface area contributed by atoms with Crippen LogP contribution in [0.25, 0.3) is 0 Å². The van der Waals surface area contributed by atoms with E-state index in [1.54, 1.807) is 0 Å². The van der Waals surface area contributed by atoms with Gasteiger partial charge in [0.15, 0.2) is 0 Å². The zero-order chi connectivity index (χ0) is 10.5. The number of pyridine rings is 1. The lowest BCUT2D eigenvalue weighted by Gasteiger charge is -2.26. The first-order valence-electron chi connectivity index (χ1n) is 5.82. The van der Waals surface area contributed by atoms with Gasteiger partial charge in [-0.05, 0) is 36.8 Å². The lowest BCUT2D eigenvalue weighted by Crippen LogP contribution is -2.28. The van der Waals surface area contributed by atoms with E-state index in [0.717, 1.165) is 18.0 Å². The highest BCUT2D eigenvalue weighted by Crippen LogP contribution is 2.58. The average molecular weight is 203 g/mol. The summed E-state index contributed by atoms with van der Waals surface area (Å²) in [5.41, 5.74) is 1.10. The first-order valence-corrected chi connectivity index (χ1v) is 5.82. The van der Waals surface area contributed by atoms with Crippen LogP contribution in [0.3, 0.4) is 0 Å². The molecule has 0 N–H and O–H groups in total. The fourth-order valence-corrected chi connectivity index (χ4v) is 3.22. The molecule has 1 saturated heterocycles. The molecule has 0 bridgehead atoms. The highest BCUT2D eigenvalue weighted by atomic mass is 16.6. The molecule has 4 atom stereocenters. The van der Waals surface area contributed by atoms with Crippen molar-refractivity contribution in [3.8, 4) is 0 Å². The lowest BCUT2D eigenvalue weighted by molar-refractivity contribution is 0.257. The summed E-state index contributed by atoms with van der Waals surface area (Å²) in [5, 5.41) is 0. The van der Waals surface area contributed by atoms with Crippen molar-refractivity contribution in [3.63, 3.8) is 0 Å². The molecule has 0 spiro atoms. The third-order valence-electron chi connectivity index (χ3n) is 3.78. The van der Waals surface area contributed by atoms with Crippen LogP contribution in [0.2, 0.25) is 0 Å². The number of nitrogens with zero attached hydrogens (tertiary/aromatic N) is 1. The van der Waals surface area contributed by atoms with Crippen molar-refractivity contribution >= 4 is 0 Å². The standard InChI is InChI=1S/C13H17NO/c1-9-7-10(2)12-13(8-9,15-12)11-5-3-4-6-14-11/h3-6,9-10,12H,7-8H2,1-2H3/t9-,10+,12+,13-/m1/s1. The van der Waals surface area contributed by atoms with E-state index in [1.807, 2.05) is 12.3 Å². The van der Waals surface area contributed by atoms with Crippen LogP contribution in [0.15, 0.2) is 24.4 Å². The number of rotatable bonds is 1. The van der Waals surface area contributed by atoms with Gasteiger partial charge < -0.3 is 4.74 Å². The quantitative estimate of drug-likeness (QED) is 0.656. The predicted octanol–water partition coefficient (Wildman–Crippen LogP) is 2.74. The molecule has 0 radical (unpaired) electrons. The minimum atomic E-state index is -0.0294. The highest BCUT2D eigenvalue weighted by molar-refractivity contribution is 5.24. The van der Waals surface area contributed by atoms with Gasteiger partial charge in [0.2, 0.25) is 0 Å². The van der Waals surface area contributed by atoms with Crippen LogP contribution in [0.4, 0.5) is 0 Å². The maximum atomic E-state index is 5.97. The highest BCUT2D eigenvalue weighted by Gasteiger charge is 2.63.